The number of ketones is 1. The van der Waals surface area contributed by atoms with Gasteiger partial charge in [0.25, 0.3) is 0 Å². The van der Waals surface area contributed by atoms with Gasteiger partial charge in [0.15, 0.2) is 5.82 Å². The normalized spacial score (nSPS) is 21.4. The summed E-state index contributed by atoms with van der Waals surface area (Å²) in [5.41, 5.74) is 4.60. The quantitative estimate of drug-likeness (QED) is 0.0383. The highest BCUT2D eigenvalue weighted by Gasteiger charge is 2.38. The number of hydrogen-bond donors (Lipinski definition) is 7. The van der Waals surface area contributed by atoms with Crippen LogP contribution in [0, 0.1) is 72.9 Å². The van der Waals surface area contributed by atoms with E-state index in [1.165, 1.54) is 116 Å². The number of hydrogen-bond acceptors (Lipinski definition) is 22. The van der Waals surface area contributed by atoms with Gasteiger partial charge in [-0.05, 0) is 342 Å². The summed E-state index contributed by atoms with van der Waals surface area (Å²) in [7, 11) is 2.07. The number of aliphatic carboxylic acids is 2. The van der Waals surface area contributed by atoms with Crippen LogP contribution in [0.5, 0.6) is 0 Å². The van der Waals surface area contributed by atoms with Gasteiger partial charge in [0.05, 0.1) is 11.6 Å². The smallest absolute Gasteiger partial charge is 0.407 e. The molecule has 1 unspecified atom stereocenters. The zero-order valence-corrected chi connectivity index (χ0v) is 91.9. The molecule has 1 aliphatic carbocycles. The van der Waals surface area contributed by atoms with Crippen LogP contribution in [0.4, 0.5) is 9.59 Å². The van der Waals surface area contributed by atoms with Crippen LogP contribution in [0.3, 0.4) is 0 Å². The first kappa shape index (κ1) is 134. The fraction of sp³-hybridized carbons (Fsp3) is 0.909. The maximum atomic E-state index is 11.7. The van der Waals surface area contributed by atoms with Gasteiger partial charge in [-0.25, -0.2) is 9.59 Å². The molecule has 0 spiro atoms. The van der Waals surface area contributed by atoms with E-state index in [1.54, 1.807) is 13.0 Å². The van der Waals surface area contributed by atoms with Crippen molar-refractivity contribution in [1.82, 2.24) is 76.2 Å². The van der Waals surface area contributed by atoms with Crippen molar-refractivity contribution >= 4 is 41.5 Å². The van der Waals surface area contributed by atoms with Gasteiger partial charge in [0, 0.05) is 88.3 Å². The highest BCUT2D eigenvalue weighted by molar-refractivity contribution is 5.91. The second kappa shape index (κ2) is 63.6. The van der Waals surface area contributed by atoms with E-state index in [0.29, 0.717) is 79.9 Å². The number of aromatic amines is 1. The summed E-state index contributed by atoms with van der Waals surface area (Å²) in [5.74, 6) is 1.88. The second-order valence-electron chi connectivity index (χ2n) is 52.1. The van der Waals surface area contributed by atoms with Crippen LogP contribution >= 0.6 is 0 Å². The lowest BCUT2D eigenvalue weighted by Crippen LogP contribution is -2.46. The first-order valence-corrected chi connectivity index (χ1v) is 52.0. The van der Waals surface area contributed by atoms with E-state index in [2.05, 4.69) is 272 Å². The molecule has 810 valence electrons. The number of nitrogens with zero attached hydrogens (tertiary/aromatic N) is 13. The van der Waals surface area contributed by atoms with Gasteiger partial charge < -0.3 is 65.5 Å². The molecule has 28 nitrogen and oxygen atoms in total. The molecule has 9 heterocycles. The number of piperidine rings is 3. The van der Waals surface area contributed by atoms with Crippen LogP contribution in [-0.4, -0.2) is 293 Å². The van der Waals surface area contributed by atoms with Crippen LogP contribution in [-0.2, 0) is 35.1 Å². The number of carbonyl (C=O) groups is 6. The van der Waals surface area contributed by atoms with Crippen molar-refractivity contribution < 1.29 is 48.5 Å². The minimum atomic E-state index is -0.659. The highest BCUT2D eigenvalue weighted by atomic mass is 16.6. The van der Waals surface area contributed by atoms with Crippen molar-refractivity contribution in [3.8, 4) is 0 Å². The van der Waals surface area contributed by atoms with Crippen molar-refractivity contribution in [3.63, 3.8) is 0 Å². The van der Waals surface area contributed by atoms with Gasteiger partial charge in [-0.3, -0.25) is 29.0 Å². The molecule has 0 aromatic carbocycles. The van der Waals surface area contributed by atoms with Gasteiger partial charge in [0.2, 0.25) is 5.91 Å². The fourth-order valence-electron chi connectivity index (χ4n) is 17.2. The summed E-state index contributed by atoms with van der Waals surface area (Å²) in [6.45, 7) is 92.5. The van der Waals surface area contributed by atoms with E-state index in [9.17, 15) is 28.8 Å². The number of likely N-dealkylation sites (tertiary alicyclic amines) is 6. The number of aromatic nitrogens is 4. The summed E-state index contributed by atoms with van der Waals surface area (Å²) >= 11 is 0. The van der Waals surface area contributed by atoms with E-state index >= 15 is 0 Å². The van der Waals surface area contributed by atoms with E-state index in [4.69, 9.17) is 19.7 Å². The molecule has 10 rings (SSSR count). The van der Waals surface area contributed by atoms with Crippen LogP contribution in [0.25, 0.3) is 0 Å². The molecule has 6 atom stereocenters. The molecule has 1 aromatic heterocycles. The largest absolute Gasteiger partial charge is 0.481 e. The summed E-state index contributed by atoms with van der Waals surface area (Å²) in [5, 5.41) is 56.2. The second-order valence-corrected chi connectivity index (χ2v) is 52.1. The lowest BCUT2D eigenvalue weighted by Gasteiger charge is -2.34. The summed E-state index contributed by atoms with van der Waals surface area (Å²) < 4.78 is 10.6. The lowest BCUT2D eigenvalue weighted by molar-refractivity contribution is -0.143. The van der Waals surface area contributed by atoms with Crippen LogP contribution in [0.15, 0.2) is 27.1 Å². The van der Waals surface area contributed by atoms with Crippen molar-refractivity contribution in [2.75, 3.05) is 151 Å². The standard InChI is InChI=1S/C17H34N2O2.C16H32N2O2.C13H24N4.C13H25NO2.C12H23N5.C12H23NO2.C12H23NO.C11H20N2O.4CH4/c1-16(2,3)9-12-19-10-7-14(8-11-19)13-18-15(20)21-17(4,5)6;1-15(2,3)9-12-18-10-7-13(8-11-18)17-14(19)20-16(4,5)6;1-13(2,3)6-9-17-7-4-11(5-8-17)12-10-14-16-15-12;1-13(2,3)8-9-14(4)11-7-5-6-10(11)12(15)16;1-12(2,3)6-8-17-7-4-5-10(17)9-11-13-15-16-14-11;1-9-7-10(11(14)15)13(8-9)6-5-12(2,3)4;1-10(14)11-5-7-13(9-11)8-6-12(2,3)4;1-11(2,3)4-5-12-7-9-6-10(14)13-8-9;;;;/h14H,7-13H2,1-6H3,(H,18,20);13H,7-12H2,1-6H3,(H,17,19);11H,4-10H2,1-3H3;10-11H,5-9H2,1-4H3,(H,15,16);10H,4-9H2,1-3H3,(H,13,14,15,16);9-10H,5-8H2,1-4H3,(H,14,15);11H,5-9H2,1-4H3;6,12H,4-5,7-8H2,1-3H3,(H,13,14);4*1H4/t;;;10-,11+;10-;9-,10-;;;;;;/m...111....../s1. The Bertz CT molecular complexity index is 3570. The van der Waals surface area contributed by atoms with Gasteiger partial charge in [0.1, 0.15) is 29.6 Å². The van der Waals surface area contributed by atoms with Gasteiger partial charge in [-0.1, -0.05) is 214 Å². The topological polar surface area (TPSA) is 324 Å². The number of rotatable bonds is 28. The average Bonchev–Trinajstić information content (AvgIpc) is 1.73. The Hall–Kier alpha value is -5.62. The molecule has 3 amide bonds. The van der Waals surface area contributed by atoms with E-state index in [1.807, 2.05) is 41.5 Å². The molecular formula is C110H220N18O10. The zero-order chi connectivity index (χ0) is 101. The molecule has 1 saturated carbocycles. The molecule has 28 heteroatoms. The van der Waals surface area contributed by atoms with Crippen molar-refractivity contribution in [2.45, 2.75) is 428 Å². The minimum absolute atomic E-state index is 0. The van der Waals surface area contributed by atoms with Crippen LogP contribution in [0.2, 0.25) is 0 Å². The van der Waals surface area contributed by atoms with Gasteiger partial charge >= 0.3 is 24.1 Å². The van der Waals surface area contributed by atoms with Crippen molar-refractivity contribution in [2.24, 2.45) is 88.3 Å². The monoisotopic (exact) mass is 1950 g/mol. The third-order valence-corrected chi connectivity index (χ3v) is 26.3. The third kappa shape index (κ3) is 66.3. The Balaban J connectivity index is 0. The minimum Gasteiger partial charge on any atom is -0.481 e. The highest BCUT2D eigenvalue weighted by Crippen LogP contribution is 2.34. The average molecular weight is 1960 g/mol. The fourth-order valence-corrected chi connectivity index (χ4v) is 17.2. The number of amides is 3. The summed E-state index contributed by atoms with van der Waals surface area (Å²) in [4.78, 5) is 84.5. The Kier molecular flexibility index (Phi) is 62.0. The number of Topliss-reactive ketones (excluding diaryl/α,β-unsaturated/α-hetero) is 1. The van der Waals surface area contributed by atoms with E-state index in [0.717, 1.165) is 180 Å². The van der Waals surface area contributed by atoms with Crippen molar-refractivity contribution in [1.29, 1.82) is 0 Å². The molecule has 9 aliphatic rings. The Morgan fingerprint density at radius 2 is 0.986 bits per heavy atom. The first-order valence-electron chi connectivity index (χ1n) is 52.0. The van der Waals surface area contributed by atoms with Crippen LogP contribution in [0.1, 0.15) is 392 Å². The molecule has 8 aliphatic heterocycles. The number of nitrogens with one attached hydrogen (secondary N) is 5. The number of ether oxygens (including phenoxy) is 2. The van der Waals surface area contributed by atoms with Crippen molar-refractivity contribution in [3.05, 3.63) is 17.5 Å². The molecule has 7 fully saturated rings. The predicted molar refractivity (Wildman–Crippen MR) is 578 cm³/mol. The molecule has 138 heavy (non-hydrogen) atoms. The number of alkyl carbamates (subject to hydrolysis) is 2. The maximum absolute atomic E-state index is 11.7. The lowest BCUT2D eigenvalue weighted by atomic mass is 9.89. The molecule has 0 radical (unpaired) electrons. The summed E-state index contributed by atoms with van der Waals surface area (Å²) in [6.07, 6.45) is 25.8. The third-order valence-electron chi connectivity index (χ3n) is 26.3. The number of tetrazole rings is 1. The molecule has 7 N–H and O–H groups in total. The van der Waals surface area contributed by atoms with E-state index < -0.39 is 23.1 Å². The Morgan fingerprint density at radius 1 is 0.522 bits per heavy atom. The first-order chi connectivity index (χ1) is 61.6. The number of carboxylic acids is 2. The molecular weight excluding hydrogens is 1730 g/mol. The number of H-pyrrole nitrogens is 1. The zero-order valence-electron chi connectivity index (χ0n) is 91.9. The number of carbonyl (C=O) groups excluding carboxylic acids is 4. The molecule has 6 saturated heterocycles. The SMILES string of the molecule is C.C.C.C.CC(=O)C1CCN(CCC(C)(C)C)C1.CC(C)(C)CCN1CCC(C2=NN=NC2)CC1.CC(C)(C)CCN1CCC(CNC(=O)OC(C)(C)C)CC1.CC(C)(C)CCN1CCC(NC(=O)OC(C)(C)C)CC1.CC(C)(C)CCN1CCC[C@@H]1Cc1nn[nH]n1.CC(C)(C)CCNCC1=CC(=O)NC1.CN(CCC(C)(C)C)[C@H]1CCC[C@H]1C(=O)O.C[C@@H]1C[C@H](C(=O)O)N(CCC(C)(C)C)C1. The van der Waals surface area contributed by atoms with Crippen LogP contribution < -0.4 is 21.3 Å². The Morgan fingerprint density at radius 3 is 1.41 bits per heavy atom. The van der Waals surface area contributed by atoms with Gasteiger partial charge in [-0.2, -0.15) is 10.3 Å². The van der Waals surface area contributed by atoms with Gasteiger partial charge in [-0.15, -0.1) is 15.3 Å². The number of carboxylic acid groups (broad SMARTS) is 2. The van der Waals surface area contributed by atoms with E-state index in [-0.39, 0.29) is 77.3 Å². The molecule has 1 aromatic rings. The maximum Gasteiger partial charge on any atom is 0.407 e. The predicted octanol–water partition coefficient (Wildman–Crippen LogP) is 22.4. The Labute approximate surface area is 846 Å². The summed E-state index contributed by atoms with van der Waals surface area (Å²) in [6, 6.07) is 0.868. The molecule has 0 bridgehead atoms.